The lowest BCUT2D eigenvalue weighted by Crippen LogP contribution is -2.71. The molecule has 4 saturated carbocycles. The lowest BCUT2D eigenvalue weighted by Gasteiger charge is -2.54. The zero-order chi connectivity index (χ0) is 77.9. The summed E-state index contributed by atoms with van der Waals surface area (Å²) in [5, 5.41) is 7.60. The number of likely N-dealkylation sites (N-methyl/N-ethyl adjacent to an activating group) is 7. The van der Waals surface area contributed by atoms with Crippen molar-refractivity contribution in [3.63, 3.8) is 0 Å². The van der Waals surface area contributed by atoms with Crippen LogP contribution in [0.4, 0.5) is 13.2 Å². The minimum absolute atomic E-state index is 0.00171. The van der Waals surface area contributed by atoms with Gasteiger partial charge in [0.05, 0.1) is 32.0 Å². The maximum absolute atomic E-state index is 15.8. The van der Waals surface area contributed by atoms with Crippen molar-refractivity contribution in [2.45, 2.75) is 256 Å². The van der Waals surface area contributed by atoms with Crippen LogP contribution in [0.1, 0.15) is 190 Å². The number of carbonyl (C=O) groups is 12. The Morgan fingerprint density at radius 2 is 1.32 bits per heavy atom. The van der Waals surface area contributed by atoms with Gasteiger partial charge in [0.2, 0.25) is 70.9 Å². The van der Waals surface area contributed by atoms with Crippen molar-refractivity contribution in [3.8, 4) is 0 Å². The third kappa shape index (κ3) is 21.0. The molecule has 4 aliphatic carbocycles. The molecular weight excluding hydrogens is 1380 g/mol. The van der Waals surface area contributed by atoms with E-state index in [1.807, 2.05) is 33.8 Å². The second-order valence-electron chi connectivity index (χ2n) is 32.8. The summed E-state index contributed by atoms with van der Waals surface area (Å²) in [6.07, 6.45) is 5.70. The largest absolute Gasteiger partial charge is 0.393 e. The Labute approximate surface area is 625 Å². The number of alkyl halides is 4. The third-order valence-electron chi connectivity index (χ3n) is 24.2. The van der Waals surface area contributed by atoms with E-state index in [9.17, 15) is 41.9 Å². The number of hydrogen-bond acceptors (Lipinski definition) is 13. The molecule has 3 unspecified atom stereocenters. The van der Waals surface area contributed by atoms with Gasteiger partial charge in [-0.2, -0.15) is 13.2 Å². The molecule has 3 N–H and O–H groups in total. The van der Waals surface area contributed by atoms with Crippen LogP contribution in [0.25, 0.3) is 0 Å². The van der Waals surface area contributed by atoms with Gasteiger partial charge in [-0.15, -0.1) is 11.6 Å². The average Bonchev–Trinajstić information content (AvgIpc) is 1.53. The van der Waals surface area contributed by atoms with E-state index in [1.54, 1.807) is 26.8 Å². The lowest BCUT2D eigenvalue weighted by atomic mass is 9.58. The van der Waals surface area contributed by atoms with E-state index in [4.69, 9.17) is 16.3 Å². The first-order chi connectivity index (χ1) is 49.3. The number of rotatable bonds is 13. The van der Waals surface area contributed by atoms with Gasteiger partial charge in [-0.3, -0.25) is 57.5 Å². The van der Waals surface area contributed by atoms with E-state index in [0.29, 0.717) is 31.6 Å². The molecule has 2 bridgehead atoms. The maximum atomic E-state index is 15.8. The first-order valence-corrected chi connectivity index (χ1v) is 39.0. The number of nitrogens with zero attached hydrogens (tertiary/aromatic N) is 9. The molecule has 6 fully saturated rings. The Balaban J connectivity index is 1.32. The van der Waals surface area contributed by atoms with E-state index in [2.05, 4.69) is 22.9 Å². The van der Waals surface area contributed by atoms with Crippen molar-refractivity contribution in [2.75, 3.05) is 95.3 Å². The summed E-state index contributed by atoms with van der Waals surface area (Å²) in [5.41, 5.74) is -2.12. The lowest BCUT2D eigenvalue weighted by molar-refractivity contribution is -0.182. The third-order valence-corrected chi connectivity index (χ3v) is 24.6. The molecule has 105 heavy (non-hydrogen) atoms. The Kier molecular flexibility index (Phi) is 30.2. The summed E-state index contributed by atoms with van der Waals surface area (Å²) in [6.45, 7) is 13.8. The van der Waals surface area contributed by atoms with Crippen LogP contribution in [0.5, 0.6) is 0 Å². The molecule has 29 heteroatoms. The Morgan fingerprint density at radius 1 is 0.686 bits per heavy atom. The van der Waals surface area contributed by atoms with Crippen LogP contribution in [0.3, 0.4) is 0 Å². The van der Waals surface area contributed by atoms with E-state index >= 15 is 28.8 Å². The number of amides is 12. The molecule has 7 aliphatic rings. The molecule has 3 heterocycles. The predicted molar refractivity (Wildman–Crippen MR) is 390 cm³/mol. The van der Waals surface area contributed by atoms with Crippen LogP contribution in [-0.2, 0) is 62.3 Å². The van der Waals surface area contributed by atoms with Crippen LogP contribution < -0.4 is 16.0 Å². The van der Waals surface area contributed by atoms with Crippen molar-refractivity contribution in [2.24, 2.45) is 46.8 Å². The standard InChI is InChI=1S/C76H122ClF3N12O13/c1-16-48(6)63-71(102)86(11)42-62(95)87(12)55-26-20-19-23-35-91(70(55)101)58(38-50-29-27-46(4)28-30-50)69(100)85(10)41-60(93)81-54(34-32-49-31-33-52(53(77)37-49)76(78,79)80)67(98)92-40-47(5)36-56(92)66(97)83-75(44-74(7,8)45-75)73(104)90(15)64(51-24-21-22-25-51)72(103)89(14)57(68(99)84(9)17-2)39-61(94)88(13)59(43-105-18-3)65(96)82-63/h19-20,46-59,63-64H,16-18,21-45H2,1-15H3,(H,81,93)(H,82,96)(H,83,97)/b20-19-/t46?,47-,48-,49?,50?,52?,53?,54-,55-,56-,57-,58-,59-,63-,64-/m0/s1. The topological polar surface area (TPSA) is 279 Å². The summed E-state index contributed by atoms with van der Waals surface area (Å²) in [4.78, 5) is 194. The molecule has 0 aromatic rings. The second kappa shape index (κ2) is 37.0. The van der Waals surface area contributed by atoms with E-state index in [-0.39, 0.29) is 115 Å². The van der Waals surface area contributed by atoms with Gasteiger partial charge < -0.3 is 64.8 Å². The van der Waals surface area contributed by atoms with Gasteiger partial charge in [0, 0.05) is 81.0 Å². The van der Waals surface area contributed by atoms with E-state index in [0.717, 1.165) is 48.3 Å². The molecule has 592 valence electrons. The molecule has 0 radical (unpaired) electrons. The van der Waals surface area contributed by atoms with Crippen LogP contribution in [-0.4, -0.2) is 276 Å². The normalized spacial score (nSPS) is 32.1. The molecule has 3 aliphatic heterocycles. The van der Waals surface area contributed by atoms with Crippen LogP contribution in [0, 0.1) is 46.8 Å². The minimum Gasteiger partial charge on any atom is -0.379 e. The summed E-state index contributed by atoms with van der Waals surface area (Å²) in [5.74, 6) is -10.8. The Bertz CT molecular complexity index is 3140. The van der Waals surface area contributed by atoms with E-state index in [1.165, 1.54) is 83.6 Å². The van der Waals surface area contributed by atoms with Gasteiger partial charge in [0.1, 0.15) is 53.9 Å². The van der Waals surface area contributed by atoms with Gasteiger partial charge in [0.25, 0.3) is 0 Å². The summed E-state index contributed by atoms with van der Waals surface area (Å²) >= 11 is 6.46. The monoisotopic (exact) mass is 1500 g/mol. The van der Waals surface area contributed by atoms with E-state index < -0.39 is 179 Å². The van der Waals surface area contributed by atoms with Crippen molar-refractivity contribution in [1.82, 2.24) is 60.0 Å². The maximum Gasteiger partial charge on any atom is 0.393 e. The highest BCUT2D eigenvalue weighted by Gasteiger charge is 2.59. The molecule has 7 rings (SSSR count). The molecule has 25 nitrogen and oxygen atoms in total. The van der Waals surface area contributed by atoms with Crippen LogP contribution in [0.2, 0.25) is 0 Å². The number of nitrogens with one attached hydrogen (secondary N) is 3. The number of hydrogen-bond donors (Lipinski definition) is 3. The second-order valence-corrected chi connectivity index (χ2v) is 33.3. The minimum atomic E-state index is -4.52. The molecule has 2 saturated heterocycles. The first-order valence-electron chi connectivity index (χ1n) is 38.6. The quantitative estimate of drug-likeness (QED) is 0.134. The Morgan fingerprint density at radius 3 is 1.92 bits per heavy atom. The molecule has 1 spiro atoms. The SMILES string of the molecule is CCOC[C@H]1C(=O)N[C@@H]([C@@H](C)CC)C(=O)N(C)CC(=O)N(C)[C@H]2C/C=C\CCN(C2=O)[C@@H](CC2CCC(C)CC2)C(=O)N(C)CC(=O)N[C@@H](CCC2CCC(C(F)(F)F)C(Cl)C2)C(=O)N2C[C@@H](C)C[C@H]2C(=O)NC2(CC(C)(C)C2)C(=O)N(C)[C@@H](C2CCCC2)C(=O)N(C)[C@H](C(=O)N(C)CC)CC(=O)N1C. The number of carbonyl (C=O) groups excluding carboxylic acids is 12. The zero-order valence-electron chi connectivity index (χ0n) is 65.0. The fourth-order valence-corrected chi connectivity index (χ4v) is 18.0. The van der Waals surface area contributed by atoms with Gasteiger partial charge >= 0.3 is 6.18 Å². The zero-order valence-corrected chi connectivity index (χ0v) is 65.8. The Hall–Kier alpha value is -6.58. The van der Waals surface area contributed by atoms with Gasteiger partial charge in [-0.25, -0.2) is 0 Å². The van der Waals surface area contributed by atoms with Crippen LogP contribution in [0.15, 0.2) is 12.2 Å². The predicted octanol–water partition coefficient (Wildman–Crippen LogP) is 6.38. The average molecular weight is 1500 g/mol. The molecule has 0 aromatic heterocycles. The highest BCUT2D eigenvalue weighted by molar-refractivity contribution is 6.21. The van der Waals surface area contributed by atoms with Crippen molar-refractivity contribution < 1.29 is 75.4 Å². The highest BCUT2D eigenvalue weighted by atomic mass is 35.5. The molecule has 12 amide bonds. The fourth-order valence-electron chi connectivity index (χ4n) is 17.4. The summed E-state index contributed by atoms with van der Waals surface area (Å²) in [6, 6.07) is -10.2. The molecular formula is C76H122ClF3N12O13. The van der Waals surface area contributed by atoms with Gasteiger partial charge in [-0.05, 0) is 138 Å². The van der Waals surface area contributed by atoms with Crippen molar-refractivity contribution >= 4 is 82.5 Å². The number of halogens is 4. The number of ether oxygens (including phenoxy) is 1. The smallest absolute Gasteiger partial charge is 0.379 e. The van der Waals surface area contributed by atoms with Crippen LogP contribution >= 0.6 is 11.6 Å². The highest BCUT2D eigenvalue weighted by Crippen LogP contribution is 2.50. The number of fused-ring (bicyclic) bond motifs is 3. The van der Waals surface area contributed by atoms with Crippen molar-refractivity contribution in [3.05, 3.63) is 12.2 Å². The van der Waals surface area contributed by atoms with Gasteiger partial charge in [0.15, 0.2) is 0 Å². The van der Waals surface area contributed by atoms with Gasteiger partial charge in [-0.1, -0.05) is 98.6 Å². The summed E-state index contributed by atoms with van der Waals surface area (Å²) < 4.78 is 48.2. The molecule has 13 atom stereocenters. The summed E-state index contributed by atoms with van der Waals surface area (Å²) in [7, 11) is 10.1. The molecule has 0 aromatic carbocycles. The fraction of sp³-hybridized carbons (Fsp3) is 0.816. The first kappa shape index (κ1) is 85.7. The van der Waals surface area contributed by atoms with Crippen molar-refractivity contribution in [1.29, 1.82) is 0 Å².